The van der Waals surface area contributed by atoms with Crippen molar-refractivity contribution in [3.05, 3.63) is 83.4 Å². The van der Waals surface area contributed by atoms with Crippen molar-refractivity contribution in [2.24, 2.45) is 11.1 Å². The van der Waals surface area contributed by atoms with Crippen LogP contribution in [0, 0.1) is 5.41 Å². The van der Waals surface area contributed by atoms with Gasteiger partial charge in [-0.3, -0.25) is 4.79 Å². The number of anilines is 1. The van der Waals surface area contributed by atoms with Crippen LogP contribution < -0.4 is 15.8 Å². The van der Waals surface area contributed by atoms with E-state index in [0.717, 1.165) is 29.0 Å². The molecule has 160 valence electrons. The Morgan fingerprint density at radius 2 is 1.77 bits per heavy atom. The molecule has 0 aliphatic carbocycles. The van der Waals surface area contributed by atoms with E-state index in [1.165, 1.54) is 11.1 Å². The van der Waals surface area contributed by atoms with Crippen molar-refractivity contribution < 1.29 is 9.53 Å². The molecule has 1 atom stereocenters. The van der Waals surface area contributed by atoms with Gasteiger partial charge in [-0.15, -0.1) is 0 Å². The van der Waals surface area contributed by atoms with E-state index < -0.39 is 0 Å². The number of rotatable bonds is 5. The zero-order valence-corrected chi connectivity index (χ0v) is 18.6. The molecular formula is C27H30N2O2. The van der Waals surface area contributed by atoms with E-state index in [-0.39, 0.29) is 23.5 Å². The maximum Gasteiger partial charge on any atom is 0.248 e. The van der Waals surface area contributed by atoms with Crippen LogP contribution >= 0.6 is 0 Å². The minimum absolute atomic E-state index is 0.0309. The first-order valence-corrected chi connectivity index (χ1v) is 10.8. The molecule has 0 fully saturated rings. The number of carbonyl (C=O) groups is 1. The highest BCUT2D eigenvalue weighted by Gasteiger charge is 2.36. The van der Waals surface area contributed by atoms with Crippen molar-refractivity contribution in [2.45, 2.75) is 46.3 Å². The predicted molar refractivity (Wildman–Crippen MR) is 126 cm³/mol. The lowest BCUT2D eigenvalue weighted by molar-refractivity contribution is 0.1000. The molecule has 0 bridgehead atoms. The zero-order chi connectivity index (χ0) is 22.2. The Hall–Kier alpha value is -3.27. The Morgan fingerprint density at radius 3 is 2.45 bits per heavy atom. The van der Waals surface area contributed by atoms with E-state index in [9.17, 15) is 4.79 Å². The molecule has 1 heterocycles. The molecule has 4 heteroatoms. The zero-order valence-electron chi connectivity index (χ0n) is 18.6. The first kappa shape index (κ1) is 21.0. The van der Waals surface area contributed by atoms with Crippen molar-refractivity contribution in [3.8, 4) is 16.9 Å². The van der Waals surface area contributed by atoms with Gasteiger partial charge in [0.25, 0.3) is 0 Å². The summed E-state index contributed by atoms with van der Waals surface area (Å²) < 4.78 is 5.77. The van der Waals surface area contributed by atoms with Gasteiger partial charge in [-0.05, 0) is 84.3 Å². The molecule has 0 radical (unpaired) electrons. The molecule has 3 aromatic carbocycles. The van der Waals surface area contributed by atoms with Gasteiger partial charge in [-0.1, -0.05) is 44.2 Å². The summed E-state index contributed by atoms with van der Waals surface area (Å²) >= 11 is 0. The minimum Gasteiger partial charge on any atom is -0.491 e. The summed E-state index contributed by atoms with van der Waals surface area (Å²) in [5.41, 5.74) is 11.8. The fourth-order valence-electron chi connectivity index (χ4n) is 4.41. The summed E-state index contributed by atoms with van der Waals surface area (Å²) in [7, 11) is 0. The molecule has 3 N–H and O–H groups in total. The smallest absolute Gasteiger partial charge is 0.248 e. The highest BCUT2D eigenvalue weighted by atomic mass is 16.5. The van der Waals surface area contributed by atoms with Crippen molar-refractivity contribution >= 4 is 11.6 Å². The summed E-state index contributed by atoms with van der Waals surface area (Å²) in [5.74, 6) is 0.497. The van der Waals surface area contributed by atoms with Gasteiger partial charge in [0, 0.05) is 11.3 Å². The number of hydrogen-bond acceptors (Lipinski definition) is 3. The summed E-state index contributed by atoms with van der Waals surface area (Å²) in [5, 5.41) is 3.71. The van der Waals surface area contributed by atoms with E-state index in [1.54, 1.807) is 6.07 Å². The van der Waals surface area contributed by atoms with Gasteiger partial charge < -0.3 is 15.8 Å². The molecule has 1 aliphatic rings. The number of primary amides is 1. The molecule has 1 unspecified atom stereocenters. The average Bonchev–Trinajstić information content (AvgIpc) is 2.72. The Balaban J connectivity index is 1.63. The third kappa shape index (κ3) is 4.43. The molecular weight excluding hydrogens is 384 g/mol. The van der Waals surface area contributed by atoms with Crippen LogP contribution in [0.2, 0.25) is 0 Å². The summed E-state index contributed by atoms with van der Waals surface area (Å²) in [4.78, 5) is 11.6. The Labute approximate surface area is 184 Å². The normalized spacial score (nSPS) is 17.0. The molecule has 31 heavy (non-hydrogen) atoms. The van der Waals surface area contributed by atoms with Crippen LogP contribution in [0.1, 0.15) is 55.2 Å². The molecule has 0 aromatic heterocycles. The van der Waals surface area contributed by atoms with Gasteiger partial charge in [0.05, 0.1) is 12.1 Å². The minimum atomic E-state index is -0.389. The van der Waals surface area contributed by atoms with Crippen molar-refractivity contribution in [1.82, 2.24) is 0 Å². The lowest BCUT2D eigenvalue weighted by atomic mass is 9.72. The van der Waals surface area contributed by atoms with Crippen LogP contribution in [0.4, 0.5) is 5.69 Å². The number of ether oxygens (including phenoxy) is 1. The van der Waals surface area contributed by atoms with E-state index in [0.29, 0.717) is 5.56 Å². The standard InChI is InChI=1S/C27H30N2O2/c1-17(2)31-23-11-8-18(9-12-23)19-6-5-7-20(14-19)25-27(3,4)16-22-15-21(26(28)30)10-13-24(22)29-25/h5-15,17,25,29H,16H2,1-4H3,(H2,28,30). The molecule has 3 aromatic rings. The van der Waals surface area contributed by atoms with Gasteiger partial charge in [0.1, 0.15) is 5.75 Å². The quantitative estimate of drug-likeness (QED) is 0.540. The van der Waals surface area contributed by atoms with E-state index >= 15 is 0 Å². The number of nitrogens with one attached hydrogen (secondary N) is 1. The molecule has 0 spiro atoms. The molecule has 1 amide bonds. The fourth-order valence-corrected chi connectivity index (χ4v) is 4.41. The molecule has 4 nitrogen and oxygen atoms in total. The Morgan fingerprint density at radius 1 is 1.03 bits per heavy atom. The lowest BCUT2D eigenvalue weighted by Crippen LogP contribution is -2.35. The second kappa shape index (κ2) is 8.10. The van der Waals surface area contributed by atoms with Crippen molar-refractivity contribution in [2.75, 3.05) is 5.32 Å². The van der Waals surface area contributed by atoms with Gasteiger partial charge in [-0.25, -0.2) is 0 Å². The van der Waals surface area contributed by atoms with Gasteiger partial charge >= 0.3 is 0 Å². The fraction of sp³-hybridized carbons (Fsp3) is 0.296. The van der Waals surface area contributed by atoms with Crippen molar-refractivity contribution in [1.29, 1.82) is 0 Å². The number of amides is 1. The van der Waals surface area contributed by atoms with Crippen LogP contribution in [-0.2, 0) is 6.42 Å². The second-order valence-electron chi connectivity index (χ2n) is 9.30. The van der Waals surface area contributed by atoms with Gasteiger partial charge in [0.2, 0.25) is 5.91 Å². The van der Waals surface area contributed by atoms with Gasteiger partial charge in [0.15, 0.2) is 0 Å². The number of fused-ring (bicyclic) bond motifs is 1. The maximum absolute atomic E-state index is 11.6. The largest absolute Gasteiger partial charge is 0.491 e. The number of hydrogen-bond donors (Lipinski definition) is 2. The van der Waals surface area contributed by atoms with Crippen molar-refractivity contribution in [3.63, 3.8) is 0 Å². The summed E-state index contributed by atoms with van der Waals surface area (Å²) in [6.07, 6.45) is 1.03. The summed E-state index contributed by atoms with van der Waals surface area (Å²) in [6.45, 7) is 8.58. The van der Waals surface area contributed by atoms with Crippen LogP contribution in [0.25, 0.3) is 11.1 Å². The van der Waals surface area contributed by atoms with Gasteiger partial charge in [-0.2, -0.15) is 0 Å². The van der Waals surface area contributed by atoms with Crippen LogP contribution in [-0.4, -0.2) is 12.0 Å². The molecule has 0 saturated heterocycles. The van der Waals surface area contributed by atoms with Crippen LogP contribution in [0.3, 0.4) is 0 Å². The predicted octanol–water partition coefficient (Wildman–Crippen LogP) is 5.98. The third-order valence-electron chi connectivity index (χ3n) is 5.90. The highest BCUT2D eigenvalue weighted by Crippen LogP contribution is 2.45. The van der Waals surface area contributed by atoms with E-state index in [1.807, 2.05) is 38.1 Å². The Bertz CT molecular complexity index is 1100. The van der Waals surface area contributed by atoms with Crippen LogP contribution in [0.15, 0.2) is 66.7 Å². The molecule has 4 rings (SSSR count). The van der Waals surface area contributed by atoms with Crippen LogP contribution in [0.5, 0.6) is 5.75 Å². The number of carbonyl (C=O) groups excluding carboxylic acids is 1. The topological polar surface area (TPSA) is 64.3 Å². The monoisotopic (exact) mass is 414 g/mol. The molecule has 0 saturated carbocycles. The van der Waals surface area contributed by atoms with E-state index in [4.69, 9.17) is 10.5 Å². The maximum atomic E-state index is 11.6. The molecule has 1 aliphatic heterocycles. The third-order valence-corrected chi connectivity index (χ3v) is 5.90. The lowest BCUT2D eigenvalue weighted by Gasteiger charge is -2.41. The number of benzene rings is 3. The second-order valence-corrected chi connectivity index (χ2v) is 9.30. The van der Waals surface area contributed by atoms with E-state index in [2.05, 4.69) is 55.6 Å². The highest BCUT2D eigenvalue weighted by molar-refractivity contribution is 5.93. The Kier molecular flexibility index (Phi) is 5.48. The number of nitrogens with two attached hydrogens (primary N) is 1. The first-order valence-electron chi connectivity index (χ1n) is 10.8. The summed E-state index contributed by atoms with van der Waals surface area (Å²) in [6, 6.07) is 22.8. The SMILES string of the molecule is CC(C)Oc1ccc(-c2cccc(C3Nc4ccc(C(N)=O)cc4CC3(C)C)c2)cc1. The average molecular weight is 415 g/mol. The first-order chi connectivity index (χ1) is 14.7.